The summed E-state index contributed by atoms with van der Waals surface area (Å²) in [7, 11) is 1.92. The molecule has 4 heteroatoms. The van der Waals surface area contributed by atoms with Crippen LogP contribution < -0.4 is 10.6 Å². The van der Waals surface area contributed by atoms with Crippen LogP contribution in [0.3, 0.4) is 0 Å². The number of halogens is 1. The summed E-state index contributed by atoms with van der Waals surface area (Å²) in [6, 6.07) is 8.68. The first-order chi connectivity index (χ1) is 8.72. The van der Waals surface area contributed by atoms with Crippen molar-refractivity contribution in [2.75, 3.05) is 11.9 Å². The van der Waals surface area contributed by atoms with Crippen LogP contribution in [0.15, 0.2) is 42.7 Å². The molecule has 0 fully saturated rings. The van der Waals surface area contributed by atoms with Crippen molar-refractivity contribution in [2.24, 2.45) is 5.73 Å². The van der Waals surface area contributed by atoms with Gasteiger partial charge in [-0.3, -0.25) is 4.98 Å². The molecule has 0 aliphatic heterocycles. The van der Waals surface area contributed by atoms with E-state index in [2.05, 4.69) is 4.98 Å². The SMILES string of the molecule is CN(Cc1ccccc1F)c1ccncc1CN. The van der Waals surface area contributed by atoms with Crippen LogP contribution in [0.25, 0.3) is 0 Å². The lowest BCUT2D eigenvalue weighted by molar-refractivity contribution is 0.608. The molecule has 94 valence electrons. The van der Waals surface area contributed by atoms with Gasteiger partial charge in [-0.1, -0.05) is 18.2 Å². The molecule has 1 aromatic carbocycles. The van der Waals surface area contributed by atoms with Crippen LogP contribution in [0.4, 0.5) is 10.1 Å². The Labute approximate surface area is 106 Å². The third-order valence-electron chi connectivity index (χ3n) is 2.87. The molecule has 0 aliphatic carbocycles. The summed E-state index contributed by atoms with van der Waals surface area (Å²) < 4.78 is 13.6. The Bertz CT molecular complexity index is 528. The number of aromatic nitrogens is 1. The van der Waals surface area contributed by atoms with E-state index in [0.29, 0.717) is 18.7 Å². The predicted octanol–water partition coefficient (Wildman–Crippen LogP) is 2.32. The molecule has 2 N–H and O–H groups in total. The summed E-state index contributed by atoms with van der Waals surface area (Å²) in [6.07, 6.45) is 3.46. The summed E-state index contributed by atoms with van der Waals surface area (Å²) in [6.45, 7) is 0.925. The highest BCUT2D eigenvalue weighted by atomic mass is 19.1. The Hall–Kier alpha value is -1.94. The van der Waals surface area contributed by atoms with Gasteiger partial charge in [-0.05, 0) is 12.1 Å². The molecule has 0 bridgehead atoms. The smallest absolute Gasteiger partial charge is 0.128 e. The Kier molecular flexibility index (Phi) is 3.89. The van der Waals surface area contributed by atoms with Crippen molar-refractivity contribution >= 4 is 5.69 Å². The van der Waals surface area contributed by atoms with Crippen LogP contribution in [0.2, 0.25) is 0 Å². The van der Waals surface area contributed by atoms with Gasteiger partial charge in [0.05, 0.1) is 0 Å². The molecule has 2 aromatic rings. The Morgan fingerprint density at radius 3 is 2.72 bits per heavy atom. The fraction of sp³-hybridized carbons (Fsp3) is 0.214. The zero-order valence-corrected chi connectivity index (χ0v) is 10.3. The van der Waals surface area contributed by atoms with E-state index < -0.39 is 0 Å². The normalized spacial score (nSPS) is 10.4. The molecule has 0 aliphatic rings. The van der Waals surface area contributed by atoms with Gasteiger partial charge in [0.2, 0.25) is 0 Å². The van der Waals surface area contributed by atoms with Crippen LogP contribution in [-0.2, 0) is 13.1 Å². The number of rotatable bonds is 4. The largest absolute Gasteiger partial charge is 0.370 e. The number of nitrogens with zero attached hydrogens (tertiary/aromatic N) is 2. The van der Waals surface area contributed by atoms with Crippen molar-refractivity contribution in [3.63, 3.8) is 0 Å². The number of hydrogen-bond donors (Lipinski definition) is 1. The van der Waals surface area contributed by atoms with Crippen molar-refractivity contribution in [1.82, 2.24) is 4.98 Å². The second-order valence-corrected chi connectivity index (χ2v) is 4.16. The molecule has 0 spiro atoms. The van der Waals surface area contributed by atoms with Crippen LogP contribution in [-0.4, -0.2) is 12.0 Å². The molecule has 1 heterocycles. The molecule has 0 saturated carbocycles. The average molecular weight is 245 g/mol. The van der Waals surface area contributed by atoms with Crippen molar-refractivity contribution in [1.29, 1.82) is 0 Å². The third-order valence-corrected chi connectivity index (χ3v) is 2.87. The highest BCUT2D eigenvalue weighted by Gasteiger charge is 2.09. The molecule has 2 rings (SSSR count). The van der Waals surface area contributed by atoms with Gasteiger partial charge in [0.1, 0.15) is 5.82 Å². The maximum absolute atomic E-state index is 13.6. The number of pyridine rings is 1. The molecule has 0 amide bonds. The number of hydrogen-bond acceptors (Lipinski definition) is 3. The number of nitrogens with two attached hydrogens (primary N) is 1. The molecular weight excluding hydrogens is 229 g/mol. The van der Waals surface area contributed by atoms with E-state index in [1.807, 2.05) is 24.1 Å². The summed E-state index contributed by atoms with van der Waals surface area (Å²) in [5, 5.41) is 0. The first kappa shape index (κ1) is 12.5. The van der Waals surface area contributed by atoms with Gasteiger partial charge in [-0.25, -0.2) is 4.39 Å². The summed E-state index contributed by atoms with van der Waals surface area (Å²) >= 11 is 0. The third kappa shape index (κ3) is 2.65. The van der Waals surface area contributed by atoms with Crippen molar-refractivity contribution in [2.45, 2.75) is 13.1 Å². The first-order valence-electron chi connectivity index (χ1n) is 5.80. The zero-order chi connectivity index (χ0) is 13.0. The lowest BCUT2D eigenvalue weighted by Gasteiger charge is -2.22. The minimum atomic E-state index is -0.187. The maximum Gasteiger partial charge on any atom is 0.128 e. The van der Waals surface area contributed by atoms with Gasteiger partial charge in [-0.2, -0.15) is 0 Å². The van der Waals surface area contributed by atoms with Crippen molar-refractivity contribution < 1.29 is 4.39 Å². The van der Waals surface area contributed by atoms with Crippen LogP contribution in [0, 0.1) is 5.82 Å². The Morgan fingerprint density at radius 2 is 2.00 bits per heavy atom. The topological polar surface area (TPSA) is 42.2 Å². The maximum atomic E-state index is 13.6. The van der Waals surface area contributed by atoms with E-state index in [1.54, 1.807) is 24.5 Å². The fourth-order valence-electron chi connectivity index (χ4n) is 1.92. The minimum absolute atomic E-state index is 0.187. The molecule has 0 atom stereocenters. The second-order valence-electron chi connectivity index (χ2n) is 4.16. The Morgan fingerprint density at radius 1 is 1.22 bits per heavy atom. The standard InChI is InChI=1S/C14H16FN3/c1-18(10-11-4-2-3-5-13(11)15)14-6-7-17-9-12(14)8-16/h2-7,9H,8,10,16H2,1H3. The highest BCUT2D eigenvalue weighted by molar-refractivity contribution is 5.51. The van der Waals surface area contributed by atoms with E-state index in [9.17, 15) is 4.39 Å². The quantitative estimate of drug-likeness (QED) is 0.898. The summed E-state index contributed by atoms with van der Waals surface area (Å²) in [5.41, 5.74) is 8.27. The van der Waals surface area contributed by atoms with E-state index in [4.69, 9.17) is 5.73 Å². The lowest BCUT2D eigenvalue weighted by Crippen LogP contribution is -2.19. The fourth-order valence-corrected chi connectivity index (χ4v) is 1.92. The van der Waals surface area contributed by atoms with Gasteiger partial charge in [-0.15, -0.1) is 0 Å². The predicted molar refractivity (Wildman–Crippen MR) is 70.6 cm³/mol. The molecule has 0 radical (unpaired) electrons. The van der Waals surface area contributed by atoms with Gasteiger partial charge >= 0.3 is 0 Å². The summed E-state index contributed by atoms with van der Waals surface area (Å²) in [4.78, 5) is 6.02. The number of benzene rings is 1. The molecule has 18 heavy (non-hydrogen) atoms. The molecule has 1 aromatic heterocycles. The monoisotopic (exact) mass is 245 g/mol. The van der Waals surface area contributed by atoms with E-state index >= 15 is 0 Å². The highest BCUT2D eigenvalue weighted by Crippen LogP contribution is 2.20. The second kappa shape index (κ2) is 5.60. The molecule has 3 nitrogen and oxygen atoms in total. The van der Waals surface area contributed by atoms with Gasteiger partial charge in [0, 0.05) is 49.3 Å². The van der Waals surface area contributed by atoms with Crippen molar-refractivity contribution in [3.8, 4) is 0 Å². The number of anilines is 1. The molecular formula is C14H16FN3. The van der Waals surface area contributed by atoms with Gasteiger partial charge < -0.3 is 10.6 Å². The Balaban J connectivity index is 2.22. The first-order valence-corrected chi connectivity index (χ1v) is 5.80. The van der Waals surface area contributed by atoms with Crippen LogP contribution in [0.5, 0.6) is 0 Å². The van der Waals surface area contributed by atoms with Crippen LogP contribution >= 0.6 is 0 Å². The van der Waals surface area contributed by atoms with Gasteiger partial charge in [0.15, 0.2) is 0 Å². The van der Waals surface area contributed by atoms with E-state index in [1.165, 1.54) is 6.07 Å². The zero-order valence-electron chi connectivity index (χ0n) is 10.3. The summed E-state index contributed by atoms with van der Waals surface area (Å²) in [5.74, 6) is -0.187. The van der Waals surface area contributed by atoms with Gasteiger partial charge in [0.25, 0.3) is 0 Å². The van der Waals surface area contributed by atoms with E-state index in [-0.39, 0.29) is 5.82 Å². The molecule has 0 unspecified atom stereocenters. The van der Waals surface area contributed by atoms with Crippen LogP contribution in [0.1, 0.15) is 11.1 Å². The van der Waals surface area contributed by atoms with Crippen molar-refractivity contribution in [3.05, 3.63) is 59.7 Å². The van der Waals surface area contributed by atoms with E-state index in [0.717, 1.165) is 11.3 Å². The molecule has 0 saturated heterocycles. The minimum Gasteiger partial charge on any atom is -0.370 e. The lowest BCUT2D eigenvalue weighted by atomic mass is 10.1. The average Bonchev–Trinajstić information content (AvgIpc) is 2.41.